The van der Waals surface area contributed by atoms with Gasteiger partial charge in [-0.1, -0.05) is 16.8 Å². The van der Waals surface area contributed by atoms with E-state index in [1.807, 2.05) is 6.92 Å². The van der Waals surface area contributed by atoms with E-state index in [-0.39, 0.29) is 29.5 Å². The van der Waals surface area contributed by atoms with Crippen LogP contribution in [-0.4, -0.2) is 34.7 Å². The molecule has 1 aromatic heterocycles. The summed E-state index contributed by atoms with van der Waals surface area (Å²) >= 11 is 5.97. The number of aryl methyl sites for hydroxylation is 1. The fourth-order valence-electron chi connectivity index (χ4n) is 3.87. The summed E-state index contributed by atoms with van der Waals surface area (Å²) in [5, 5.41) is 10.2. The highest BCUT2D eigenvalue weighted by atomic mass is 35.5. The molecule has 5 rings (SSSR count). The second-order valence-electron chi connectivity index (χ2n) is 7.21. The summed E-state index contributed by atoms with van der Waals surface area (Å²) in [4.78, 5) is 24.2. The summed E-state index contributed by atoms with van der Waals surface area (Å²) in [5.74, 6) is 0.237. The van der Waals surface area contributed by atoms with Crippen molar-refractivity contribution in [1.82, 2.24) is 15.8 Å². The molecule has 3 aliphatic rings. The van der Waals surface area contributed by atoms with Crippen LogP contribution in [0.25, 0.3) is 0 Å². The lowest BCUT2D eigenvalue weighted by Gasteiger charge is -2.70. The van der Waals surface area contributed by atoms with Crippen LogP contribution in [0.1, 0.15) is 35.2 Å². The maximum atomic E-state index is 12.1. The van der Waals surface area contributed by atoms with Crippen LogP contribution in [0.2, 0.25) is 5.02 Å². The van der Waals surface area contributed by atoms with E-state index >= 15 is 0 Å². The monoisotopic (exact) mass is 375 g/mol. The second-order valence-corrected chi connectivity index (χ2v) is 7.61. The van der Waals surface area contributed by atoms with E-state index in [9.17, 15) is 9.59 Å². The van der Waals surface area contributed by atoms with Crippen molar-refractivity contribution in [3.63, 3.8) is 0 Å². The predicted octanol–water partition coefficient (Wildman–Crippen LogP) is 2.24. The Hall–Kier alpha value is -2.54. The fourth-order valence-corrected chi connectivity index (χ4v) is 3.99. The standard InChI is InChI=1S/C18H18ClN3O4/c1-11-4-13(2-3-14(11)19)25-7-15(23)21-17-8-18(9-17,10-17)22-16(24)12-5-20-26-6-12/h2-6H,7-10H2,1H3,(H,21,23)(H,22,24). The van der Waals surface area contributed by atoms with Crippen LogP contribution in [0.15, 0.2) is 35.2 Å². The highest BCUT2D eigenvalue weighted by molar-refractivity contribution is 6.31. The van der Waals surface area contributed by atoms with E-state index in [2.05, 4.69) is 20.3 Å². The normalized spacial score (nSPS) is 25.6. The van der Waals surface area contributed by atoms with Gasteiger partial charge in [-0.25, -0.2) is 0 Å². The number of amides is 2. The topological polar surface area (TPSA) is 93.5 Å². The molecule has 0 unspecified atom stereocenters. The number of nitrogens with zero attached hydrogens (tertiary/aromatic N) is 1. The summed E-state index contributed by atoms with van der Waals surface area (Å²) in [6.45, 7) is 1.83. The van der Waals surface area contributed by atoms with Crippen molar-refractivity contribution in [1.29, 1.82) is 0 Å². The molecule has 2 bridgehead atoms. The van der Waals surface area contributed by atoms with Crippen molar-refractivity contribution in [2.24, 2.45) is 0 Å². The van der Waals surface area contributed by atoms with Crippen molar-refractivity contribution in [3.8, 4) is 5.75 Å². The Labute approximate surface area is 155 Å². The number of rotatable bonds is 6. The Bertz CT molecular complexity index is 846. The van der Waals surface area contributed by atoms with E-state index < -0.39 is 0 Å². The highest BCUT2D eigenvalue weighted by Crippen LogP contribution is 2.60. The lowest BCUT2D eigenvalue weighted by molar-refractivity contribution is -0.141. The first-order valence-corrected chi connectivity index (χ1v) is 8.68. The van der Waals surface area contributed by atoms with Gasteiger partial charge in [0.2, 0.25) is 0 Å². The number of carbonyl (C=O) groups is 2. The van der Waals surface area contributed by atoms with Crippen molar-refractivity contribution >= 4 is 23.4 Å². The number of hydrogen-bond acceptors (Lipinski definition) is 5. The largest absolute Gasteiger partial charge is 0.484 e. The van der Waals surface area contributed by atoms with Crippen molar-refractivity contribution in [3.05, 3.63) is 46.8 Å². The van der Waals surface area contributed by atoms with E-state index in [1.54, 1.807) is 18.2 Å². The third kappa shape index (κ3) is 3.03. The van der Waals surface area contributed by atoms with Gasteiger partial charge in [-0.2, -0.15) is 0 Å². The minimum atomic E-state index is -0.226. The van der Waals surface area contributed by atoms with E-state index in [0.29, 0.717) is 16.3 Å². The van der Waals surface area contributed by atoms with E-state index in [1.165, 1.54) is 12.5 Å². The minimum Gasteiger partial charge on any atom is -0.484 e. The smallest absolute Gasteiger partial charge is 0.258 e. The molecule has 2 amide bonds. The van der Waals surface area contributed by atoms with Gasteiger partial charge in [0, 0.05) is 16.1 Å². The molecule has 0 aliphatic heterocycles. The maximum absolute atomic E-state index is 12.1. The van der Waals surface area contributed by atoms with Gasteiger partial charge in [0.15, 0.2) is 6.61 Å². The van der Waals surface area contributed by atoms with Crippen LogP contribution in [-0.2, 0) is 4.79 Å². The molecule has 0 atom stereocenters. The number of benzene rings is 1. The van der Waals surface area contributed by atoms with Crippen LogP contribution in [0.5, 0.6) is 5.75 Å². The molecule has 0 radical (unpaired) electrons. The molecule has 26 heavy (non-hydrogen) atoms. The van der Waals surface area contributed by atoms with Crippen molar-refractivity contribution < 1.29 is 18.8 Å². The number of nitrogens with one attached hydrogen (secondary N) is 2. The van der Waals surface area contributed by atoms with Gasteiger partial charge in [-0.3, -0.25) is 9.59 Å². The van der Waals surface area contributed by atoms with Gasteiger partial charge in [-0.15, -0.1) is 0 Å². The van der Waals surface area contributed by atoms with Gasteiger partial charge in [-0.05, 0) is 49.9 Å². The first kappa shape index (κ1) is 16.9. The van der Waals surface area contributed by atoms with E-state index in [0.717, 1.165) is 24.8 Å². The third-order valence-electron chi connectivity index (χ3n) is 5.01. The summed E-state index contributed by atoms with van der Waals surface area (Å²) in [5.41, 5.74) is 0.850. The quantitative estimate of drug-likeness (QED) is 0.807. The zero-order chi connectivity index (χ0) is 18.4. The molecule has 3 fully saturated rings. The first-order chi connectivity index (χ1) is 12.4. The number of ether oxygens (including phenoxy) is 1. The molecular formula is C18H18ClN3O4. The van der Waals surface area contributed by atoms with Crippen LogP contribution < -0.4 is 15.4 Å². The maximum Gasteiger partial charge on any atom is 0.258 e. The average molecular weight is 376 g/mol. The molecule has 0 spiro atoms. The molecule has 1 aromatic carbocycles. The molecule has 2 aromatic rings. The molecule has 2 N–H and O–H groups in total. The Balaban J connectivity index is 1.23. The zero-order valence-electron chi connectivity index (χ0n) is 14.2. The SMILES string of the molecule is Cc1cc(OCC(=O)NC23CC(NC(=O)c4cnoc4)(C2)C3)ccc1Cl. The fraction of sp³-hybridized carbons (Fsp3) is 0.389. The Morgan fingerprint density at radius 3 is 2.65 bits per heavy atom. The number of hydrogen-bond donors (Lipinski definition) is 2. The summed E-state index contributed by atoms with van der Waals surface area (Å²) in [6, 6.07) is 5.28. The molecule has 7 nitrogen and oxygen atoms in total. The zero-order valence-corrected chi connectivity index (χ0v) is 14.9. The third-order valence-corrected chi connectivity index (χ3v) is 5.43. The van der Waals surface area contributed by atoms with Crippen LogP contribution >= 0.6 is 11.6 Å². The summed E-state index contributed by atoms with van der Waals surface area (Å²) in [6.07, 6.45) is 4.87. The number of aromatic nitrogens is 1. The summed E-state index contributed by atoms with van der Waals surface area (Å²) < 4.78 is 10.2. The van der Waals surface area contributed by atoms with Gasteiger partial charge in [0.1, 0.15) is 12.0 Å². The van der Waals surface area contributed by atoms with Gasteiger partial charge < -0.3 is 19.9 Å². The molecular weight excluding hydrogens is 358 g/mol. The van der Waals surface area contributed by atoms with Gasteiger partial charge in [0.05, 0.1) is 11.8 Å². The van der Waals surface area contributed by atoms with Crippen molar-refractivity contribution in [2.45, 2.75) is 37.3 Å². The predicted molar refractivity (Wildman–Crippen MR) is 93.1 cm³/mol. The summed E-state index contributed by atoms with van der Waals surface area (Å²) in [7, 11) is 0. The second kappa shape index (κ2) is 6.02. The molecule has 3 aliphatic carbocycles. The van der Waals surface area contributed by atoms with Gasteiger partial charge in [0.25, 0.3) is 11.8 Å². The molecule has 1 heterocycles. The van der Waals surface area contributed by atoms with Crippen molar-refractivity contribution in [2.75, 3.05) is 6.61 Å². The molecule has 136 valence electrons. The lowest BCUT2D eigenvalue weighted by Crippen LogP contribution is -2.84. The Kier molecular flexibility index (Phi) is 3.91. The Morgan fingerprint density at radius 2 is 2.00 bits per heavy atom. The van der Waals surface area contributed by atoms with Gasteiger partial charge >= 0.3 is 0 Å². The molecule has 0 saturated heterocycles. The average Bonchev–Trinajstić information content (AvgIpc) is 3.07. The lowest BCUT2D eigenvalue weighted by atomic mass is 9.44. The number of halogens is 1. The van der Waals surface area contributed by atoms with E-state index in [4.69, 9.17) is 16.3 Å². The van der Waals surface area contributed by atoms with Crippen LogP contribution in [0.3, 0.4) is 0 Å². The van der Waals surface area contributed by atoms with Crippen LogP contribution in [0, 0.1) is 6.92 Å². The minimum absolute atomic E-state index is 0.0527. The first-order valence-electron chi connectivity index (χ1n) is 8.31. The molecule has 3 saturated carbocycles. The number of carbonyl (C=O) groups excluding carboxylic acids is 2. The Morgan fingerprint density at radius 1 is 1.27 bits per heavy atom. The highest BCUT2D eigenvalue weighted by Gasteiger charge is 2.69. The van der Waals surface area contributed by atoms with Crippen LogP contribution in [0.4, 0.5) is 0 Å². The molecule has 8 heteroatoms.